The molecule has 3 rings (SSSR count). The van der Waals surface area contributed by atoms with Gasteiger partial charge in [0.15, 0.2) is 9.84 Å². The summed E-state index contributed by atoms with van der Waals surface area (Å²) in [4.78, 5) is 19.2. The molecule has 0 bridgehead atoms. The molecule has 1 aliphatic heterocycles. The molecule has 7 heteroatoms. The Labute approximate surface area is 173 Å². The van der Waals surface area contributed by atoms with E-state index >= 15 is 0 Å². The molecule has 0 aromatic heterocycles. The molecule has 1 unspecified atom stereocenters. The van der Waals surface area contributed by atoms with Crippen molar-refractivity contribution in [1.29, 1.82) is 0 Å². The molecule has 1 saturated heterocycles. The summed E-state index contributed by atoms with van der Waals surface area (Å²) in [6, 6.07) is 17.3. The second kappa shape index (κ2) is 8.97. The van der Waals surface area contributed by atoms with E-state index in [9.17, 15) is 13.2 Å². The highest BCUT2D eigenvalue weighted by molar-refractivity contribution is 7.91. The molecule has 6 nitrogen and oxygen atoms in total. The average molecular weight is 416 g/mol. The first kappa shape index (κ1) is 21.3. The van der Waals surface area contributed by atoms with Gasteiger partial charge in [0.1, 0.15) is 6.04 Å². The summed E-state index contributed by atoms with van der Waals surface area (Å²) in [6.07, 6.45) is 0. The van der Waals surface area contributed by atoms with Crippen LogP contribution in [0.25, 0.3) is 0 Å². The van der Waals surface area contributed by atoms with E-state index < -0.39 is 15.9 Å². The summed E-state index contributed by atoms with van der Waals surface area (Å²) < 4.78 is 23.7. The molecule has 29 heavy (non-hydrogen) atoms. The molecule has 1 heterocycles. The molecule has 0 N–H and O–H groups in total. The van der Waals surface area contributed by atoms with E-state index in [0.717, 1.165) is 16.8 Å². The number of amides is 1. The van der Waals surface area contributed by atoms with Crippen LogP contribution in [0, 0.1) is 0 Å². The van der Waals surface area contributed by atoms with Gasteiger partial charge in [0.2, 0.25) is 5.91 Å². The predicted octanol–water partition coefficient (Wildman–Crippen LogP) is 2.18. The highest BCUT2D eigenvalue weighted by Gasteiger charge is 2.34. The summed E-state index contributed by atoms with van der Waals surface area (Å²) in [5.41, 5.74) is 3.06. The minimum atomic E-state index is -3.01. The first-order valence-corrected chi connectivity index (χ1v) is 11.6. The van der Waals surface area contributed by atoms with Crippen LogP contribution >= 0.6 is 0 Å². The van der Waals surface area contributed by atoms with Crippen LogP contribution in [0.5, 0.6) is 0 Å². The zero-order valence-electron chi connectivity index (χ0n) is 17.3. The maximum Gasteiger partial charge on any atom is 0.244 e. The van der Waals surface area contributed by atoms with Gasteiger partial charge in [0, 0.05) is 46.5 Å². The first-order chi connectivity index (χ1) is 13.8. The second-order valence-corrected chi connectivity index (χ2v) is 10.1. The van der Waals surface area contributed by atoms with Crippen molar-refractivity contribution in [2.45, 2.75) is 12.6 Å². The molecular formula is C22H29N3O3S. The molecule has 2 aromatic rings. The van der Waals surface area contributed by atoms with E-state index in [2.05, 4.69) is 0 Å². The Hall–Kier alpha value is -2.38. The van der Waals surface area contributed by atoms with Gasteiger partial charge in [0.25, 0.3) is 0 Å². The third kappa shape index (κ3) is 5.36. The van der Waals surface area contributed by atoms with Gasteiger partial charge in [-0.15, -0.1) is 0 Å². The number of rotatable bonds is 6. The summed E-state index contributed by atoms with van der Waals surface area (Å²) in [5, 5.41) is 0. The Morgan fingerprint density at radius 3 is 2.10 bits per heavy atom. The van der Waals surface area contributed by atoms with Crippen LogP contribution in [0.2, 0.25) is 0 Å². The Kier molecular flexibility index (Phi) is 6.59. The van der Waals surface area contributed by atoms with Gasteiger partial charge in [-0.3, -0.25) is 9.69 Å². The SMILES string of the molecule is CN(Cc1ccc(N(C)C)cc1)C(=O)C(c1ccccc1)N1CCS(=O)(=O)CC1. The molecule has 1 atom stereocenters. The van der Waals surface area contributed by atoms with E-state index in [1.54, 1.807) is 11.9 Å². The van der Waals surface area contributed by atoms with Crippen LogP contribution in [-0.2, 0) is 21.2 Å². The number of sulfone groups is 1. The van der Waals surface area contributed by atoms with Crippen molar-refractivity contribution < 1.29 is 13.2 Å². The maximum atomic E-state index is 13.4. The predicted molar refractivity (Wildman–Crippen MR) is 117 cm³/mol. The monoisotopic (exact) mass is 415 g/mol. The fraction of sp³-hybridized carbons (Fsp3) is 0.409. The molecule has 0 radical (unpaired) electrons. The van der Waals surface area contributed by atoms with Crippen LogP contribution in [0.15, 0.2) is 54.6 Å². The lowest BCUT2D eigenvalue weighted by atomic mass is 10.0. The Bertz CT molecular complexity index is 914. The van der Waals surface area contributed by atoms with Crippen molar-refractivity contribution in [3.8, 4) is 0 Å². The first-order valence-electron chi connectivity index (χ1n) is 9.77. The van der Waals surface area contributed by atoms with Gasteiger partial charge in [-0.05, 0) is 23.3 Å². The standard InChI is InChI=1S/C22H29N3O3S/c1-23(2)20-11-9-18(10-12-20)17-24(3)22(26)21(19-7-5-4-6-8-19)25-13-15-29(27,28)16-14-25/h4-12,21H,13-17H2,1-3H3. The summed E-state index contributed by atoms with van der Waals surface area (Å²) in [6.45, 7) is 1.25. The number of carbonyl (C=O) groups excluding carboxylic acids is 1. The molecule has 1 amide bonds. The minimum absolute atomic E-state index is 0.0211. The molecule has 1 fully saturated rings. The van der Waals surface area contributed by atoms with E-state index in [1.807, 2.05) is 78.5 Å². The number of carbonyl (C=O) groups is 1. The number of nitrogens with zero attached hydrogens (tertiary/aromatic N) is 3. The van der Waals surface area contributed by atoms with Crippen LogP contribution in [-0.4, -0.2) is 69.9 Å². The minimum Gasteiger partial charge on any atom is -0.378 e. The lowest BCUT2D eigenvalue weighted by molar-refractivity contribution is -0.136. The van der Waals surface area contributed by atoms with Gasteiger partial charge < -0.3 is 9.80 Å². The molecule has 2 aromatic carbocycles. The number of likely N-dealkylation sites (N-methyl/N-ethyl adjacent to an activating group) is 1. The van der Waals surface area contributed by atoms with Crippen LogP contribution < -0.4 is 4.90 Å². The Balaban J connectivity index is 1.78. The fourth-order valence-corrected chi connectivity index (χ4v) is 4.82. The average Bonchev–Trinajstić information content (AvgIpc) is 2.70. The van der Waals surface area contributed by atoms with Gasteiger partial charge in [-0.1, -0.05) is 42.5 Å². The molecule has 1 aliphatic rings. The van der Waals surface area contributed by atoms with E-state index in [0.29, 0.717) is 19.6 Å². The van der Waals surface area contributed by atoms with Crippen molar-refractivity contribution >= 4 is 21.4 Å². The summed E-state index contributed by atoms with van der Waals surface area (Å²) in [5.74, 6) is 0.172. The zero-order chi connectivity index (χ0) is 21.0. The van der Waals surface area contributed by atoms with Crippen molar-refractivity contribution in [2.75, 3.05) is 50.6 Å². The molecular weight excluding hydrogens is 386 g/mol. The lowest BCUT2D eigenvalue weighted by Gasteiger charge is -2.36. The maximum absolute atomic E-state index is 13.4. The van der Waals surface area contributed by atoms with E-state index in [1.165, 1.54) is 0 Å². The van der Waals surface area contributed by atoms with Crippen molar-refractivity contribution in [1.82, 2.24) is 9.80 Å². The lowest BCUT2D eigenvalue weighted by Crippen LogP contribution is -2.47. The Morgan fingerprint density at radius 1 is 0.966 bits per heavy atom. The molecule has 0 aliphatic carbocycles. The van der Waals surface area contributed by atoms with E-state index in [4.69, 9.17) is 0 Å². The van der Waals surface area contributed by atoms with Crippen LogP contribution in [0.3, 0.4) is 0 Å². The van der Waals surface area contributed by atoms with Gasteiger partial charge >= 0.3 is 0 Å². The summed E-state index contributed by atoms with van der Waals surface area (Å²) >= 11 is 0. The third-order valence-corrected chi connectivity index (χ3v) is 6.95. The van der Waals surface area contributed by atoms with Crippen molar-refractivity contribution in [3.05, 3.63) is 65.7 Å². The van der Waals surface area contributed by atoms with Crippen LogP contribution in [0.1, 0.15) is 17.2 Å². The number of hydrogen-bond acceptors (Lipinski definition) is 5. The van der Waals surface area contributed by atoms with E-state index in [-0.39, 0.29) is 17.4 Å². The van der Waals surface area contributed by atoms with Gasteiger partial charge in [-0.2, -0.15) is 0 Å². The van der Waals surface area contributed by atoms with Gasteiger partial charge in [0.05, 0.1) is 11.5 Å². The second-order valence-electron chi connectivity index (χ2n) is 7.76. The highest BCUT2D eigenvalue weighted by atomic mass is 32.2. The summed E-state index contributed by atoms with van der Waals surface area (Å²) in [7, 11) is 2.78. The normalized spacial score (nSPS) is 17.5. The van der Waals surface area contributed by atoms with Crippen molar-refractivity contribution in [2.24, 2.45) is 0 Å². The number of benzene rings is 2. The third-order valence-electron chi connectivity index (χ3n) is 5.34. The number of anilines is 1. The Morgan fingerprint density at radius 2 is 1.55 bits per heavy atom. The smallest absolute Gasteiger partial charge is 0.244 e. The van der Waals surface area contributed by atoms with Crippen LogP contribution in [0.4, 0.5) is 5.69 Å². The quantitative estimate of drug-likeness (QED) is 0.724. The van der Waals surface area contributed by atoms with Gasteiger partial charge in [-0.25, -0.2) is 8.42 Å². The van der Waals surface area contributed by atoms with Crippen molar-refractivity contribution in [3.63, 3.8) is 0 Å². The largest absolute Gasteiger partial charge is 0.378 e. The molecule has 0 spiro atoms. The molecule has 0 saturated carbocycles. The fourth-order valence-electron chi connectivity index (χ4n) is 3.59. The zero-order valence-corrected chi connectivity index (χ0v) is 18.1. The number of hydrogen-bond donors (Lipinski definition) is 0. The molecule has 156 valence electrons. The highest BCUT2D eigenvalue weighted by Crippen LogP contribution is 2.25. The topological polar surface area (TPSA) is 60.9 Å².